The third kappa shape index (κ3) is 2.13. The van der Waals surface area contributed by atoms with Gasteiger partial charge < -0.3 is 9.88 Å². The van der Waals surface area contributed by atoms with Crippen molar-refractivity contribution in [3.8, 4) is 11.3 Å². The molecule has 0 atom stereocenters. The van der Waals surface area contributed by atoms with Crippen molar-refractivity contribution in [2.45, 2.75) is 13.8 Å². The average Bonchev–Trinajstić information content (AvgIpc) is 2.94. The Morgan fingerprint density at radius 1 is 1.05 bits per heavy atom. The van der Waals surface area contributed by atoms with Gasteiger partial charge in [-0.1, -0.05) is 30.3 Å². The van der Waals surface area contributed by atoms with E-state index in [1.54, 1.807) is 6.33 Å². The number of fused-ring (bicyclic) bond motifs is 1. The maximum atomic E-state index is 4.44. The molecule has 102 valence electrons. The molecule has 3 rings (SSSR count). The van der Waals surface area contributed by atoms with Crippen molar-refractivity contribution in [3.63, 3.8) is 0 Å². The highest BCUT2D eigenvalue weighted by molar-refractivity contribution is 5.90. The molecule has 0 amide bonds. The number of benzene rings is 1. The SMILES string of the molecule is CCN(CC)c1ncnc2cc(-c3ccccc3)[nH]c12. The second-order valence-corrected chi connectivity index (χ2v) is 4.68. The molecule has 0 fully saturated rings. The molecule has 0 saturated heterocycles. The van der Waals surface area contributed by atoms with Crippen molar-refractivity contribution in [2.75, 3.05) is 18.0 Å². The number of hydrogen-bond donors (Lipinski definition) is 1. The van der Waals surface area contributed by atoms with Crippen LogP contribution in [-0.4, -0.2) is 28.0 Å². The predicted molar refractivity (Wildman–Crippen MR) is 82.9 cm³/mol. The van der Waals surface area contributed by atoms with Crippen molar-refractivity contribution in [1.29, 1.82) is 0 Å². The first-order valence-corrected chi connectivity index (χ1v) is 6.97. The lowest BCUT2D eigenvalue weighted by Gasteiger charge is -2.19. The smallest absolute Gasteiger partial charge is 0.156 e. The molecule has 4 heteroatoms. The Hall–Kier alpha value is -2.36. The van der Waals surface area contributed by atoms with E-state index < -0.39 is 0 Å². The molecule has 0 aliphatic carbocycles. The largest absolute Gasteiger partial charge is 0.355 e. The minimum Gasteiger partial charge on any atom is -0.355 e. The van der Waals surface area contributed by atoms with Crippen molar-refractivity contribution < 1.29 is 0 Å². The Balaban J connectivity index is 2.14. The minimum absolute atomic E-state index is 0.933. The first kappa shape index (κ1) is 12.7. The van der Waals surface area contributed by atoms with E-state index in [1.807, 2.05) is 18.2 Å². The van der Waals surface area contributed by atoms with Crippen molar-refractivity contribution in [3.05, 3.63) is 42.7 Å². The molecular formula is C16H18N4. The molecule has 2 heterocycles. The van der Waals surface area contributed by atoms with E-state index in [-0.39, 0.29) is 0 Å². The van der Waals surface area contributed by atoms with Gasteiger partial charge in [0.25, 0.3) is 0 Å². The number of aromatic amines is 1. The van der Waals surface area contributed by atoms with E-state index in [4.69, 9.17) is 0 Å². The normalized spacial score (nSPS) is 10.9. The topological polar surface area (TPSA) is 44.8 Å². The van der Waals surface area contributed by atoms with Gasteiger partial charge in [-0.25, -0.2) is 9.97 Å². The molecule has 1 aromatic carbocycles. The Kier molecular flexibility index (Phi) is 3.37. The molecule has 0 radical (unpaired) electrons. The van der Waals surface area contributed by atoms with E-state index in [2.05, 4.69) is 51.9 Å². The van der Waals surface area contributed by atoms with Gasteiger partial charge in [0.2, 0.25) is 0 Å². The maximum Gasteiger partial charge on any atom is 0.156 e. The second-order valence-electron chi connectivity index (χ2n) is 4.68. The van der Waals surface area contributed by atoms with Gasteiger partial charge >= 0.3 is 0 Å². The lowest BCUT2D eigenvalue weighted by atomic mass is 10.2. The Morgan fingerprint density at radius 3 is 2.50 bits per heavy atom. The summed E-state index contributed by atoms with van der Waals surface area (Å²) < 4.78 is 0. The molecule has 2 aromatic heterocycles. The van der Waals surface area contributed by atoms with E-state index in [9.17, 15) is 0 Å². The second kappa shape index (κ2) is 5.33. The number of nitrogens with zero attached hydrogens (tertiary/aromatic N) is 3. The van der Waals surface area contributed by atoms with E-state index in [1.165, 1.54) is 0 Å². The third-order valence-corrected chi connectivity index (χ3v) is 3.55. The van der Waals surface area contributed by atoms with Crippen LogP contribution in [0.3, 0.4) is 0 Å². The number of rotatable bonds is 4. The van der Waals surface area contributed by atoms with Crippen LogP contribution in [0, 0.1) is 0 Å². The summed E-state index contributed by atoms with van der Waals surface area (Å²) >= 11 is 0. The number of aromatic nitrogens is 3. The van der Waals surface area contributed by atoms with Crippen molar-refractivity contribution in [2.24, 2.45) is 0 Å². The predicted octanol–water partition coefficient (Wildman–Crippen LogP) is 3.47. The van der Waals surface area contributed by atoms with E-state index in [0.29, 0.717) is 0 Å². The van der Waals surface area contributed by atoms with Crippen LogP contribution >= 0.6 is 0 Å². The Morgan fingerprint density at radius 2 is 1.80 bits per heavy atom. The zero-order chi connectivity index (χ0) is 13.9. The molecule has 0 aliphatic rings. The van der Waals surface area contributed by atoms with Gasteiger partial charge in [0, 0.05) is 18.8 Å². The van der Waals surface area contributed by atoms with Crippen LogP contribution in [0.15, 0.2) is 42.7 Å². The summed E-state index contributed by atoms with van der Waals surface area (Å²) in [5.74, 6) is 0.974. The lowest BCUT2D eigenvalue weighted by Crippen LogP contribution is -2.23. The van der Waals surface area contributed by atoms with Crippen LogP contribution in [0.1, 0.15) is 13.8 Å². The lowest BCUT2D eigenvalue weighted by molar-refractivity contribution is 0.847. The highest BCUT2D eigenvalue weighted by Gasteiger charge is 2.12. The Labute approximate surface area is 118 Å². The van der Waals surface area contributed by atoms with Gasteiger partial charge in [0.15, 0.2) is 5.82 Å². The molecule has 0 saturated carbocycles. The van der Waals surface area contributed by atoms with Crippen LogP contribution in [0.5, 0.6) is 0 Å². The van der Waals surface area contributed by atoms with Crippen molar-refractivity contribution >= 4 is 16.9 Å². The molecule has 20 heavy (non-hydrogen) atoms. The number of anilines is 1. The van der Waals surface area contributed by atoms with E-state index in [0.717, 1.165) is 41.2 Å². The van der Waals surface area contributed by atoms with Gasteiger partial charge in [-0.2, -0.15) is 0 Å². The zero-order valence-electron chi connectivity index (χ0n) is 11.8. The summed E-state index contributed by atoms with van der Waals surface area (Å²) in [6, 6.07) is 12.4. The fourth-order valence-corrected chi connectivity index (χ4v) is 2.46. The number of nitrogens with one attached hydrogen (secondary N) is 1. The molecule has 3 aromatic rings. The first-order valence-electron chi connectivity index (χ1n) is 6.97. The molecule has 0 unspecified atom stereocenters. The summed E-state index contributed by atoms with van der Waals surface area (Å²) in [5.41, 5.74) is 4.21. The van der Waals surface area contributed by atoms with Gasteiger partial charge in [-0.05, 0) is 25.5 Å². The summed E-state index contributed by atoms with van der Waals surface area (Å²) in [6.07, 6.45) is 1.64. The van der Waals surface area contributed by atoms with Crippen LogP contribution in [0.4, 0.5) is 5.82 Å². The van der Waals surface area contributed by atoms with Crippen LogP contribution in [0.2, 0.25) is 0 Å². The van der Waals surface area contributed by atoms with Crippen LogP contribution < -0.4 is 4.90 Å². The van der Waals surface area contributed by atoms with Crippen LogP contribution in [0.25, 0.3) is 22.3 Å². The highest BCUT2D eigenvalue weighted by atomic mass is 15.2. The zero-order valence-corrected chi connectivity index (χ0v) is 11.8. The van der Waals surface area contributed by atoms with Gasteiger partial charge in [-0.15, -0.1) is 0 Å². The molecule has 0 aliphatic heterocycles. The monoisotopic (exact) mass is 266 g/mol. The fraction of sp³-hybridized carbons (Fsp3) is 0.250. The third-order valence-electron chi connectivity index (χ3n) is 3.55. The molecule has 4 nitrogen and oxygen atoms in total. The first-order chi connectivity index (χ1) is 9.83. The molecule has 0 spiro atoms. The number of H-pyrrole nitrogens is 1. The van der Waals surface area contributed by atoms with Gasteiger partial charge in [-0.3, -0.25) is 0 Å². The standard InChI is InChI=1S/C16H18N4/c1-3-20(4-2)16-15-14(17-11-18-16)10-13(19-15)12-8-6-5-7-9-12/h5-11,19H,3-4H2,1-2H3. The average molecular weight is 266 g/mol. The maximum absolute atomic E-state index is 4.44. The summed E-state index contributed by atoms with van der Waals surface area (Å²) in [7, 11) is 0. The molecule has 0 bridgehead atoms. The minimum atomic E-state index is 0.933. The van der Waals surface area contributed by atoms with E-state index >= 15 is 0 Å². The quantitative estimate of drug-likeness (QED) is 0.786. The van der Waals surface area contributed by atoms with Crippen molar-refractivity contribution in [1.82, 2.24) is 15.0 Å². The highest BCUT2D eigenvalue weighted by Crippen LogP contribution is 2.27. The summed E-state index contributed by atoms with van der Waals surface area (Å²) in [4.78, 5) is 14.5. The Bertz CT molecular complexity index is 699. The molecular weight excluding hydrogens is 248 g/mol. The summed E-state index contributed by atoms with van der Waals surface area (Å²) in [6.45, 7) is 6.14. The van der Waals surface area contributed by atoms with Crippen LogP contribution in [-0.2, 0) is 0 Å². The fourth-order valence-electron chi connectivity index (χ4n) is 2.46. The molecule has 1 N–H and O–H groups in total. The summed E-state index contributed by atoms with van der Waals surface area (Å²) in [5, 5.41) is 0. The van der Waals surface area contributed by atoms with Gasteiger partial charge in [0.1, 0.15) is 11.8 Å². The van der Waals surface area contributed by atoms with Gasteiger partial charge in [0.05, 0.1) is 5.52 Å². The number of hydrogen-bond acceptors (Lipinski definition) is 3.